The number of hydrogen-bond donors (Lipinski definition) is 1. The van der Waals surface area contributed by atoms with Crippen molar-refractivity contribution in [2.24, 2.45) is 0 Å². The van der Waals surface area contributed by atoms with Crippen molar-refractivity contribution in [3.8, 4) is 11.5 Å². The Bertz CT molecular complexity index is 959. The van der Waals surface area contributed by atoms with Crippen molar-refractivity contribution in [2.75, 3.05) is 52.5 Å². The van der Waals surface area contributed by atoms with Crippen LogP contribution in [-0.4, -0.2) is 67.3 Å². The van der Waals surface area contributed by atoms with Gasteiger partial charge in [0, 0.05) is 35.4 Å². The van der Waals surface area contributed by atoms with E-state index in [4.69, 9.17) is 9.47 Å². The lowest BCUT2D eigenvalue weighted by molar-refractivity contribution is 0.165. The molecule has 5 nitrogen and oxygen atoms in total. The molecule has 0 atom stereocenters. The number of ether oxygens (including phenoxy) is 2. The van der Waals surface area contributed by atoms with Gasteiger partial charge in [0.25, 0.3) is 0 Å². The molecule has 2 aromatic carbocycles. The van der Waals surface area contributed by atoms with E-state index in [2.05, 4.69) is 51.2 Å². The van der Waals surface area contributed by atoms with E-state index in [1.165, 1.54) is 49.8 Å². The summed E-state index contributed by atoms with van der Waals surface area (Å²) in [5.41, 5.74) is 2.26. The number of nitrogens with zero attached hydrogens (tertiary/aromatic N) is 2. The van der Waals surface area contributed by atoms with E-state index >= 15 is 0 Å². The molecule has 0 radical (unpaired) electrons. The third-order valence-corrected chi connectivity index (χ3v) is 6.21. The van der Waals surface area contributed by atoms with Crippen molar-refractivity contribution < 1.29 is 9.47 Å². The number of likely N-dealkylation sites (tertiary alicyclic amines) is 2. The maximum atomic E-state index is 6.00. The first-order valence-electron chi connectivity index (χ1n) is 11.1. The van der Waals surface area contributed by atoms with Gasteiger partial charge < -0.3 is 24.3 Å². The Kier molecular flexibility index (Phi) is 5.59. The average molecular weight is 394 g/mol. The van der Waals surface area contributed by atoms with Crippen LogP contribution in [0.2, 0.25) is 0 Å². The lowest BCUT2D eigenvalue weighted by Crippen LogP contribution is -2.38. The summed E-state index contributed by atoms with van der Waals surface area (Å²) in [6.07, 6.45) is 4.88. The molecule has 2 fully saturated rings. The molecule has 5 heteroatoms. The fourth-order valence-electron chi connectivity index (χ4n) is 4.21. The molecule has 0 saturated carbocycles. The van der Waals surface area contributed by atoms with Crippen LogP contribution < -0.4 is 9.47 Å². The van der Waals surface area contributed by atoms with Gasteiger partial charge in [0.1, 0.15) is 11.5 Å². The number of hydrogen-bond acceptors (Lipinski definition) is 4. The molecule has 3 aromatic rings. The molecule has 0 amide bonds. The topological polar surface area (TPSA) is 40.7 Å². The fourth-order valence-corrected chi connectivity index (χ4v) is 4.21. The molecule has 1 N–H and O–H groups in total. The van der Waals surface area contributed by atoms with E-state index in [1.54, 1.807) is 0 Å². The number of aromatic amines is 1. The third kappa shape index (κ3) is 4.36. The van der Waals surface area contributed by atoms with Crippen LogP contribution in [0.5, 0.6) is 11.5 Å². The highest BCUT2D eigenvalue weighted by Gasteiger charge is 2.13. The molecular formula is C24H31N3O2. The summed E-state index contributed by atoms with van der Waals surface area (Å²) in [6.45, 7) is 8.87. The second-order valence-corrected chi connectivity index (χ2v) is 8.33. The van der Waals surface area contributed by atoms with Gasteiger partial charge in [0.15, 0.2) is 0 Å². The van der Waals surface area contributed by atoms with Crippen molar-refractivity contribution in [3.05, 3.63) is 36.4 Å². The molecule has 2 aliphatic rings. The largest absolute Gasteiger partial charge is 0.494 e. The summed E-state index contributed by atoms with van der Waals surface area (Å²) in [4.78, 5) is 8.48. The Morgan fingerprint density at radius 3 is 1.93 bits per heavy atom. The standard InChI is InChI=1S/C24H31N3O2/c1-9-26(10-1)13-3-15-28-19-6-8-23-22(17-19)21-7-5-20(18-24(21)25-23)29-16-4-14-27-11-2-12-27/h5-8,17-18,25H,1-4,9-16H2. The Morgan fingerprint density at radius 1 is 0.690 bits per heavy atom. The van der Waals surface area contributed by atoms with Crippen LogP contribution in [0.4, 0.5) is 0 Å². The van der Waals surface area contributed by atoms with E-state index < -0.39 is 0 Å². The van der Waals surface area contributed by atoms with Gasteiger partial charge in [-0.3, -0.25) is 0 Å². The molecule has 0 unspecified atom stereocenters. The fraction of sp³-hybridized carbons (Fsp3) is 0.500. The predicted molar refractivity (Wildman–Crippen MR) is 118 cm³/mol. The van der Waals surface area contributed by atoms with Gasteiger partial charge in [0.05, 0.1) is 18.7 Å². The number of fused-ring (bicyclic) bond motifs is 3. The lowest BCUT2D eigenvalue weighted by Gasteiger charge is -2.30. The van der Waals surface area contributed by atoms with E-state index in [1.807, 2.05) is 0 Å². The van der Waals surface area contributed by atoms with Gasteiger partial charge >= 0.3 is 0 Å². The Balaban J connectivity index is 1.19. The molecule has 1 aromatic heterocycles. The summed E-state index contributed by atoms with van der Waals surface area (Å²) in [6, 6.07) is 12.7. The average Bonchev–Trinajstić information content (AvgIpc) is 3.02. The molecule has 0 spiro atoms. The quantitative estimate of drug-likeness (QED) is 0.522. The first kappa shape index (κ1) is 18.8. The van der Waals surface area contributed by atoms with Gasteiger partial charge in [-0.05, 0) is 82.2 Å². The van der Waals surface area contributed by atoms with Crippen LogP contribution in [0.25, 0.3) is 21.8 Å². The minimum atomic E-state index is 0.775. The number of nitrogens with one attached hydrogen (secondary N) is 1. The molecule has 2 saturated heterocycles. The first-order valence-corrected chi connectivity index (χ1v) is 11.1. The minimum absolute atomic E-state index is 0.775. The minimum Gasteiger partial charge on any atom is -0.494 e. The molecule has 154 valence electrons. The number of rotatable bonds is 10. The van der Waals surface area contributed by atoms with Crippen LogP contribution in [0.3, 0.4) is 0 Å². The zero-order valence-corrected chi connectivity index (χ0v) is 17.2. The Morgan fingerprint density at radius 2 is 1.31 bits per heavy atom. The maximum absolute atomic E-state index is 6.00. The first-order chi connectivity index (χ1) is 14.3. The van der Waals surface area contributed by atoms with Crippen molar-refractivity contribution in [3.63, 3.8) is 0 Å². The molecule has 2 aliphatic heterocycles. The SMILES string of the molecule is c1cc2c(cc1OCCCN1CCC1)[nH]c1ccc(OCCCN3CCC3)cc12. The molecule has 0 aliphatic carbocycles. The van der Waals surface area contributed by atoms with Crippen LogP contribution >= 0.6 is 0 Å². The van der Waals surface area contributed by atoms with E-state index in [0.29, 0.717) is 0 Å². The van der Waals surface area contributed by atoms with Crippen LogP contribution in [0, 0.1) is 0 Å². The predicted octanol–water partition coefficient (Wildman–Crippen LogP) is 4.27. The third-order valence-electron chi connectivity index (χ3n) is 6.21. The van der Waals surface area contributed by atoms with E-state index in [-0.39, 0.29) is 0 Å². The normalized spacial score (nSPS) is 17.4. The number of benzene rings is 2. The van der Waals surface area contributed by atoms with E-state index in [9.17, 15) is 0 Å². The van der Waals surface area contributed by atoms with Gasteiger partial charge in [-0.2, -0.15) is 0 Å². The maximum Gasteiger partial charge on any atom is 0.121 e. The van der Waals surface area contributed by atoms with Gasteiger partial charge in [-0.15, -0.1) is 0 Å². The second kappa shape index (κ2) is 8.64. The highest BCUT2D eigenvalue weighted by molar-refractivity contribution is 6.08. The highest BCUT2D eigenvalue weighted by Crippen LogP contribution is 2.31. The molecule has 29 heavy (non-hydrogen) atoms. The Hall–Kier alpha value is -2.24. The lowest BCUT2D eigenvalue weighted by atomic mass is 10.1. The molecule has 5 rings (SSSR count). The van der Waals surface area contributed by atoms with Crippen LogP contribution in [0.15, 0.2) is 36.4 Å². The van der Waals surface area contributed by atoms with Crippen LogP contribution in [-0.2, 0) is 0 Å². The molecule has 3 heterocycles. The van der Waals surface area contributed by atoms with Crippen molar-refractivity contribution in [2.45, 2.75) is 25.7 Å². The summed E-state index contributed by atoms with van der Waals surface area (Å²) < 4.78 is 12.0. The molecule has 0 bridgehead atoms. The van der Waals surface area contributed by atoms with Gasteiger partial charge in [0.2, 0.25) is 0 Å². The Labute approximate surface area is 172 Å². The van der Waals surface area contributed by atoms with Crippen molar-refractivity contribution in [1.29, 1.82) is 0 Å². The monoisotopic (exact) mass is 393 g/mol. The summed E-state index contributed by atoms with van der Waals surface area (Å²) >= 11 is 0. The summed E-state index contributed by atoms with van der Waals surface area (Å²) in [5, 5.41) is 2.43. The van der Waals surface area contributed by atoms with E-state index in [0.717, 1.165) is 61.7 Å². The van der Waals surface area contributed by atoms with Gasteiger partial charge in [-0.1, -0.05) is 0 Å². The highest BCUT2D eigenvalue weighted by atomic mass is 16.5. The zero-order valence-electron chi connectivity index (χ0n) is 17.2. The van der Waals surface area contributed by atoms with Crippen molar-refractivity contribution >= 4 is 21.8 Å². The number of aromatic nitrogens is 1. The second-order valence-electron chi connectivity index (χ2n) is 8.33. The summed E-state index contributed by atoms with van der Waals surface area (Å²) in [7, 11) is 0. The summed E-state index contributed by atoms with van der Waals surface area (Å²) in [5.74, 6) is 1.89. The number of H-pyrrole nitrogens is 1. The smallest absolute Gasteiger partial charge is 0.121 e. The van der Waals surface area contributed by atoms with Crippen molar-refractivity contribution in [1.82, 2.24) is 14.8 Å². The molecular weight excluding hydrogens is 362 g/mol. The van der Waals surface area contributed by atoms with Crippen LogP contribution in [0.1, 0.15) is 25.7 Å². The van der Waals surface area contributed by atoms with Gasteiger partial charge in [-0.25, -0.2) is 0 Å². The zero-order chi connectivity index (χ0) is 19.5.